The Hall–Kier alpha value is -1.02. The maximum atomic E-state index is 3.62. The van der Waals surface area contributed by atoms with Crippen LogP contribution in [0.4, 0.5) is 5.69 Å². The van der Waals surface area contributed by atoms with E-state index >= 15 is 0 Å². The molecule has 0 spiro atoms. The standard InChI is InChI=1S/C17H28N2/c1-14-8-9-16(19-10-6-5-7-11-19)15(12-14)13-18-17(2,3)4/h8-9,12,18H,5-7,10-11,13H2,1-4H3. The first kappa shape index (κ1) is 14.4. The average Bonchev–Trinajstić information content (AvgIpc) is 2.37. The molecular weight excluding hydrogens is 232 g/mol. The largest absolute Gasteiger partial charge is 0.371 e. The third kappa shape index (κ3) is 4.24. The van der Waals surface area contributed by atoms with E-state index in [1.54, 1.807) is 0 Å². The summed E-state index contributed by atoms with van der Waals surface area (Å²) < 4.78 is 0. The molecule has 1 aromatic rings. The summed E-state index contributed by atoms with van der Waals surface area (Å²) in [5.41, 5.74) is 4.40. The van der Waals surface area contributed by atoms with Gasteiger partial charge in [0, 0.05) is 30.9 Å². The Morgan fingerprint density at radius 3 is 2.42 bits per heavy atom. The van der Waals surface area contributed by atoms with E-state index < -0.39 is 0 Å². The van der Waals surface area contributed by atoms with E-state index in [-0.39, 0.29) is 5.54 Å². The van der Waals surface area contributed by atoms with Crippen molar-refractivity contribution in [3.63, 3.8) is 0 Å². The van der Waals surface area contributed by atoms with Crippen LogP contribution in [0.3, 0.4) is 0 Å². The van der Waals surface area contributed by atoms with Gasteiger partial charge in [0.15, 0.2) is 0 Å². The highest BCUT2D eigenvalue weighted by Crippen LogP contribution is 2.25. The summed E-state index contributed by atoms with van der Waals surface area (Å²) in [6.07, 6.45) is 4.05. The lowest BCUT2D eigenvalue weighted by Crippen LogP contribution is -2.36. The number of aryl methyl sites for hydroxylation is 1. The van der Waals surface area contributed by atoms with Gasteiger partial charge in [0.2, 0.25) is 0 Å². The van der Waals surface area contributed by atoms with Crippen LogP contribution in [0.1, 0.15) is 51.2 Å². The van der Waals surface area contributed by atoms with Gasteiger partial charge in [0.1, 0.15) is 0 Å². The summed E-state index contributed by atoms with van der Waals surface area (Å²) in [5.74, 6) is 0. The molecule has 1 heterocycles. The Kier molecular flexibility index (Phi) is 4.51. The quantitative estimate of drug-likeness (QED) is 0.887. The van der Waals surface area contributed by atoms with E-state index in [1.165, 1.54) is 49.2 Å². The molecule has 19 heavy (non-hydrogen) atoms. The zero-order valence-corrected chi connectivity index (χ0v) is 12.9. The van der Waals surface area contributed by atoms with E-state index in [0.717, 1.165) is 6.54 Å². The van der Waals surface area contributed by atoms with E-state index in [2.05, 4.69) is 56.1 Å². The molecule has 0 radical (unpaired) electrons. The molecular formula is C17H28N2. The van der Waals surface area contributed by atoms with Gasteiger partial charge in [-0.15, -0.1) is 0 Å². The fourth-order valence-electron chi connectivity index (χ4n) is 2.66. The Balaban J connectivity index is 2.17. The Morgan fingerprint density at radius 2 is 1.79 bits per heavy atom. The van der Waals surface area contributed by atoms with E-state index in [4.69, 9.17) is 0 Å². The second kappa shape index (κ2) is 5.96. The van der Waals surface area contributed by atoms with Crippen LogP contribution in [0.5, 0.6) is 0 Å². The van der Waals surface area contributed by atoms with Gasteiger partial charge in [-0.25, -0.2) is 0 Å². The zero-order chi connectivity index (χ0) is 13.9. The number of benzene rings is 1. The van der Waals surface area contributed by atoms with Crippen LogP contribution in [0.2, 0.25) is 0 Å². The second-order valence-electron chi connectivity index (χ2n) is 6.78. The molecule has 0 bridgehead atoms. The monoisotopic (exact) mass is 260 g/mol. The minimum Gasteiger partial charge on any atom is -0.371 e. The number of nitrogens with zero attached hydrogens (tertiary/aromatic N) is 1. The van der Waals surface area contributed by atoms with Crippen molar-refractivity contribution < 1.29 is 0 Å². The highest BCUT2D eigenvalue weighted by molar-refractivity contribution is 5.55. The van der Waals surface area contributed by atoms with Gasteiger partial charge >= 0.3 is 0 Å². The van der Waals surface area contributed by atoms with Crippen LogP contribution in [-0.4, -0.2) is 18.6 Å². The molecule has 1 N–H and O–H groups in total. The summed E-state index contributed by atoms with van der Waals surface area (Å²) in [5, 5.41) is 3.62. The van der Waals surface area contributed by atoms with Crippen molar-refractivity contribution in [1.82, 2.24) is 5.32 Å². The molecule has 0 atom stereocenters. The number of anilines is 1. The summed E-state index contributed by atoms with van der Waals surface area (Å²) in [4.78, 5) is 2.56. The van der Waals surface area contributed by atoms with Crippen LogP contribution in [-0.2, 0) is 6.54 Å². The molecule has 1 saturated heterocycles. The van der Waals surface area contributed by atoms with Crippen LogP contribution < -0.4 is 10.2 Å². The molecule has 1 aromatic carbocycles. The molecule has 1 aliphatic rings. The zero-order valence-electron chi connectivity index (χ0n) is 12.9. The maximum absolute atomic E-state index is 3.62. The normalized spacial score (nSPS) is 16.7. The lowest BCUT2D eigenvalue weighted by molar-refractivity contribution is 0.424. The lowest BCUT2D eigenvalue weighted by atomic mass is 10.0. The van der Waals surface area contributed by atoms with E-state index in [0.29, 0.717) is 0 Å². The van der Waals surface area contributed by atoms with Gasteiger partial charge in [-0.3, -0.25) is 0 Å². The topological polar surface area (TPSA) is 15.3 Å². The maximum Gasteiger partial charge on any atom is 0.0412 e. The fraction of sp³-hybridized carbons (Fsp3) is 0.647. The van der Waals surface area contributed by atoms with Gasteiger partial charge in [0.25, 0.3) is 0 Å². The van der Waals surface area contributed by atoms with Crippen molar-refractivity contribution in [1.29, 1.82) is 0 Å². The molecule has 0 amide bonds. The SMILES string of the molecule is Cc1ccc(N2CCCCC2)c(CNC(C)(C)C)c1. The number of nitrogens with one attached hydrogen (secondary N) is 1. The molecule has 0 unspecified atom stereocenters. The Morgan fingerprint density at radius 1 is 1.11 bits per heavy atom. The first-order valence-electron chi connectivity index (χ1n) is 7.55. The fourth-order valence-corrected chi connectivity index (χ4v) is 2.66. The van der Waals surface area contributed by atoms with Crippen LogP contribution in [0.15, 0.2) is 18.2 Å². The highest BCUT2D eigenvalue weighted by Gasteiger charge is 2.16. The van der Waals surface area contributed by atoms with Crippen LogP contribution >= 0.6 is 0 Å². The van der Waals surface area contributed by atoms with Gasteiger partial charge < -0.3 is 10.2 Å². The number of rotatable bonds is 3. The third-order valence-corrected chi connectivity index (χ3v) is 3.74. The average molecular weight is 260 g/mol. The number of piperidine rings is 1. The summed E-state index contributed by atoms with van der Waals surface area (Å²) >= 11 is 0. The molecule has 1 fully saturated rings. The first-order valence-corrected chi connectivity index (χ1v) is 7.55. The van der Waals surface area contributed by atoms with E-state index in [1.807, 2.05) is 0 Å². The highest BCUT2D eigenvalue weighted by atomic mass is 15.1. The number of hydrogen-bond donors (Lipinski definition) is 1. The lowest BCUT2D eigenvalue weighted by Gasteiger charge is -2.31. The Labute approximate surface area is 118 Å². The van der Waals surface area contributed by atoms with Crippen molar-refractivity contribution >= 4 is 5.69 Å². The van der Waals surface area contributed by atoms with Crippen molar-refractivity contribution in [2.45, 2.75) is 59.0 Å². The summed E-state index contributed by atoms with van der Waals surface area (Å²) in [7, 11) is 0. The Bertz CT molecular complexity index is 412. The van der Waals surface area contributed by atoms with Gasteiger partial charge in [-0.05, 0) is 58.6 Å². The molecule has 106 valence electrons. The first-order chi connectivity index (χ1) is 8.96. The van der Waals surface area contributed by atoms with Gasteiger partial charge in [-0.2, -0.15) is 0 Å². The summed E-state index contributed by atoms with van der Waals surface area (Å²) in [6, 6.07) is 6.88. The van der Waals surface area contributed by atoms with Crippen molar-refractivity contribution in [3.05, 3.63) is 29.3 Å². The van der Waals surface area contributed by atoms with E-state index in [9.17, 15) is 0 Å². The van der Waals surface area contributed by atoms with Crippen LogP contribution in [0, 0.1) is 6.92 Å². The summed E-state index contributed by atoms with van der Waals surface area (Å²) in [6.45, 7) is 12.2. The van der Waals surface area contributed by atoms with Gasteiger partial charge in [-0.1, -0.05) is 17.7 Å². The predicted molar refractivity (Wildman–Crippen MR) is 83.8 cm³/mol. The predicted octanol–water partition coefficient (Wildman–Crippen LogP) is 3.87. The minimum atomic E-state index is 0.170. The molecule has 0 aliphatic carbocycles. The minimum absolute atomic E-state index is 0.170. The van der Waals surface area contributed by atoms with Crippen molar-refractivity contribution in [2.75, 3.05) is 18.0 Å². The molecule has 0 aromatic heterocycles. The number of hydrogen-bond acceptors (Lipinski definition) is 2. The van der Waals surface area contributed by atoms with Gasteiger partial charge in [0.05, 0.1) is 0 Å². The van der Waals surface area contributed by atoms with Crippen molar-refractivity contribution in [2.24, 2.45) is 0 Å². The molecule has 2 rings (SSSR count). The van der Waals surface area contributed by atoms with Crippen LogP contribution in [0.25, 0.3) is 0 Å². The smallest absolute Gasteiger partial charge is 0.0412 e. The second-order valence-corrected chi connectivity index (χ2v) is 6.78. The molecule has 2 heteroatoms. The molecule has 1 aliphatic heterocycles. The van der Waals surface area contributed by atoms with Crippen molar-refractivity contribution in [3.8, 4) is 0 Å². The third-order valence-electron chi connectivity index (χ3n) is 3.74. The molecule has 2 nitrogen and oxygen atoms in total. The molecule has 0 saturated carbocycles.